The molecule has 2 saturated heterocycles. The van der Waals surface area contributed by atoms with Crippen LogP contribution in [0.25, 0.3) is 0 Å². The summed E-state index contributed by atoms with van der Waals surface area (Å²) in [6.07, 6.45) is 5.87. The molecule has 5 heteroatoms. The monoisotopic (exact) mass is 279 g/mol. The molecule has 0 aromatic rings. The molecule has 0 spiro atoms. The number of nitrogens with zero attached hydrogens (tertiary/aromatic N) is 1. The Morgan fingerprint density at radius 2 is 1.55 bits per heavy atom. The lowest BCUT2D eigenvalue weighted by Crippen LogP contribution is -2.49. The van der Waals surface area contributed by atoms with E-state index in [2.05, 4.69) is 10.6 Å². The number of amides is 2. The third kappa shape index (κ3) is 3.32. The maximum atomic E-state index is 12.4. The van der Waals surface area contributed by atoms with E-state index in [1.165, 1.54) is 0 Å². The number of nitrogens with one attached hydrogen (secondary N) is 2. The number of hydrogen-bond acceptors (Lipinski definition) is 3. The van der Waals surface area contributed by atoms with E-state index in [-0.39, 0.29) is 23.8 Å². The van der Waals surface area contributed by atoms with Crippen molar-refractivity contribution in [2.45, 2.75) is 44.6 Å². The van der Waals surface area contributed by atoms with E-state index in [0.29, 0.717) is 5.91 Å². The van der Waals surface area contributed by atoms with Crippen LogP contribution in [-0.4, -0.2) is 48.9 Å². The van der Waals surface area contributed by atoms with Crippen LogP contribution in [0.15, 0.2) is 0 Å². The number of carbonyl (C=O) groups is 2. The average Bonchev–Trinajstić information content (AvgIpc) is 3.33. The van der Waals surface area contributed by atoms with Gasteiger partial charge in [0, 0.05) is 31.0 Å². The molecule has 2 N–H and O–H groups in total. The summed E-state index contributed by atoms with van der Waals surface area (Å²) in [4.78, 5) is 26.2. The molecule has 2 amide bonds. The SMILES string of the molecule is O=C(NC1CCN(C(=O)C2CCNCC2)CC1)C1CC1. The van der Waals surface area contributed by atoms with Gasteiger partial charge < -0.3 is 15.5 Å². The van der Waals surface area contributed by atoms with Crippen molar-refractivity contribution >= 4 is 11.8 Å². The van der Waals surface area contributed by atoms with Crippen LogP contribution in [0.4, 0.5) is 0 Å². The molecule has 0 atom stereocenters. The van der Waals surface area contributed by atoms with E-state index in [0.717, 1.165) is 64.7 Å². The Balaban J connectivity index is 1.42. The van der Waals surface area contributed by atoms with Crippen molar-refractivity contribution in [3.8, 4) is 0 Å². The molecular formula is C15H25N3O2. The zero-order valence-electron chi connectivity index (χ0n) is 12.1. The molecule has 3 aliphatic rings. The molecule has 5 nitrogen and oxygen atoms in total. The van der Waals surface area contributed by atoms with Gasteiger partial charge in [-0.25, -0.2) is 0 Å². The minimum Gasteiger partial charge on any atom is -0.353 e. The summed E-state index contributed by atoms with van der Waals surface area (Å²) in [5.41, 5.74) is 0. The summed E-state index contributed by atoms with van der Waals surface area (Å²) in [6.45, 7) is 3.53. The van der Waals surface area contributed by atoms with E-state index in [4.69, 9.17) is 0 Å². The standard InChI is InChI=1S/C15H25N3O2/c19-14(11-1-2-11)17-13-5-9-18(10-6-13)15(20)12-3-7-16-8-4-12/h11-13,16H,1-10H2,(H,17,19). The van der Waals surface area contributed by atoms with E-state index in [1.54, 1.807) is 0 Å². The Morgan fingerprint density at radius 1 is 0.900 bits per heavy atom. The van der Waals surface area contributed by atoms with Crippen LogP contribution in [0.3, 0.4) is 0 Å². The third-order valence-electron chi connectivity index (χ3n) is 4.79. The highest BCUT2D eigenvalue weighted by Gasteiger charge is 2.33. The van der Waals surface area contributed by atoms with E-state index in [9.17, 15) is 9.59 Å². The molecule has 2 aliphatic heterocycles. The zero-order valence-corrected chi connectivity index (χ0v) is 12.1. The van der Waals surface area contributed by atoms with Gasteiger partial charge >= 0.3 is 0 Å². The Kier molecular flexibility index (Phi) is 4.24. The van der Waals surface area contributed by atoms with E-state index >= 15 is 0 Å². The van der Waals surface area contributed by atoms with Crippen molar-refractivity contribution in [2.24, 2.45) is 11.8 Å². The molecule has 0 radical (unpaired) electrons. The van der Waals surface area contributed by atoms with Crippen LogP contribution in [-0.2, 0) is 9.59 Å². The molecule has 0 aromatic heterocycles. The number of likely N-dealkylation sites (tertiary alicyclic amines) is 1. The zero-order chi connectivity index (χ0) is 13.9. The first-order valence-corrected chi connectivity index (χ1v) is 8.04. The first-order chi connectivity index (χ1) is 9.74. The minimum atomic E-state index is 0.217. The highest BCUT2D eigenvalue weighted by molar-refractivity contribution is 5.81. The second-order valence-electron chi connectivity index (χ2n) is 6.41. The Hall–Kier alpha value is -1.10. The highest BCUT2D eigenvalue weighted by atomic mass is 16.2. The lowest BCUT2D eigenvalue weighted by atomic mass is 9.95. The lowest BCUT2D eigenvalue weighted by Gasteiger charge is -2.35. The van der Waals surface area contributed by atoms with Gasteiger partial charge in [0.05, 0.1) is 0 Å². The van der Waals surface area contributed by atoms with Crippen molar-refractivity contribution in [2.75, 3.05) is 26.2 Å². The highest BCUT2D eigenvalue weighted by Crippen LogP contribution is 2.29. The van der Waals surface area contributed by atoms with Crippen molar-refractivity contribution < 1.29 is 9.59 Å². The van der Waals surface area contributed by atoms with Gasteiger partial charge in [-0.1, -0.05) is 0 Å². The molecule has 3 fully saturated rings. The predicted molar refractivity (Wildman–Crippen MR) is 76.1 cm³/mol. The number of hydrogen-bond donors (Lipinski definition) is 2. The van der Waals surface area contributed by atoms with Gasteiger partial charge in [0.2, 0.25) is 11.8 Å². The van der Waals surface area contributed by atoms with Crippen molar-refractivity contribution in [1.82, 2.24) is 15.5 Å². The third-order valence-corrected chi connectivity index (χ3v) is 4.79. The van der Waals surface area contributed by atoms with Crippen LogP contribution in [0.5, 0.6) is 0 Å². The van der Waals surface area contributed by atoms with Gasteiger partial charge in [-0.2, -0.15) is 0 Å². The molecule has 0 unspecified atom stereocenters. The summed E-state index contributed by atoms with van der Waals surface area (Å²) in [7, 11) is 0. The molecule has 20 heavy (non-hydrogen) atoms. The van der Waals surface area contributed by atoms with Gasteiger partial charge in [-0.15, -0.1) is 0 Å². The van der Waals surface area contributed by atoms with Crippen molar-refractivity contribution in [1.29, 1.82) is 0 Å². The lowest BCUT2D eigenvalue weighted by molar-refractivity contribution is -0.137. The molecule has 2 heterocycles. The normalized spacial score (nSPS) is 25.5. The molecule has 1 saturated carbocycles. The molecule has 112 valence electrons. The summed E-state index contributed by atoms with van der Waals surface area (Å²) >= 11 is 0. The molecule has 0 aromatic carbocycles. The largest absolute Gasteiger partial charge is 0.353 e. The van der Waals surface area contributed by atoms with Gasteiger partial charge in [0.15, 0.2) is 0 Å². The Bertz CT molecular complexity index is 367. The van der Waals surface area contributed by atoms with Crippen LogP contribution in [0.2, 0.25) is 0 Å². The fraction of sp³-hybridized carbons (Fsp3) is 0.867. The van der Waals surface area contributed by atoms with E-state index < -0.39 is 0 Å². The smallest absolute Gasteiger partial charge is 0.225 e. The topological polar surface area (TPSA) is 61.4 Å². The molecule has 0 bridgehead atoms. The number of rotatable bonds is 3. The van der Waals surface area contributed by atoms with Crippen molar-refractivity contribution in [3.63, 3.8) is 0 Å². The summed E-state index contributed by atoms with van der Waals surface area (Å²) in [6, 6.07) is 0.278. The first kappa shape index (κ1) is 13.9. The van der Waals surface area contributed by atoms with E-state index in [1.807, 2.05) is 4.90 Å². The minimum absolute atomic E-state index is 0.217. The quantitative estimate of drug-likeness (QED) is 0.791. The van der Waals surface area contributed by atoms with Gasteiger partial charge in [0.25, 0.3) is 0 Å². The Morgan fingerprint density at radius 3 is 2.15 bits per heavy atom. The van der Waals surface area contributed by atoms with Crippen LogP contribution >= 0.6 is 0 Å². The predicted octanol–water partition coefficient (Wildman–Crippen LogP) is 0.503. The molecule has 1 aliphatic carbocycles. The van der Waals surface area contributed by atoms with Crippen molar-refractivity contribution in [3.05, 3.63) is 0 Å². The number of carbonyl (C=O) groups excluding carboxylic acids is 2. The molecular weight excluding hydrogens is 254 g/mol. The fourth-order valence-electron chi connectivity index (χ4n) is 3.24. The fourth-order valence-corrected chi connectivity index (χ4v) is 3.24. The second-order valence-corrected chi connectivity index (χ2v) is 6.41. The van der Waals surface area contributed by atoms with Crippen LogP contribution in [0.1, 0.15) is 38.5 Å². The summed E-state index contributed by atoms with van der Waals surface area (Å²) < 4.78 is 0. The average molecular weight is 279 g/mol. The summed E-state index contributed by atoms with van der Waals surface area (Å²) in [5, 5.41) is 6.43. The number of piperidine rings is 2. The maximum Gasteiger partial charge on any atom is 0.225 e. The Labute approximate surface area is 120 Å². The molecule has 3 rings (SSSR count). The van der Waals surface area contributed by atoms with Crippen LogP contribution in [0, 0.1) is 11.8 Å². The van der Waals surface area contributed by atoms with Crippen LogP contribution < -0.4 is 10.6 Å². The first-order valence-electron chi connectivity index (χ1n) is 8.04. The second kappa shape index (κ2) is 6.12. The maximum absolute atomic E-state index is 12.4. The summed E-state index contributed by atoms with van der Waals surface area (Å²) in [5.74, 6) is 1.06. The van der Waals surface area contributed by atoms with Gasteiger partial charge in [-0.05, 0) is 51.6 Å². The van der Waals surface area contributed by atoms with Gasteiger partial charge in [-0.3, -0.25) is 9.59 Å². The van der Waals surface area contributed by atoms with Gasteiger partial charge in [0.1, 0.15) is 0 Å².